The summed E-state index contributed by atoms with van der Waals surface area (Å²) >= 11 is 3.30. The van der Waals surface area contributed by atoms with Crippen LogP contribution in [0.1, 0.15) is 27.3 Å². The Morgan fingerprint density at radius 2 is 2.00 bits per heavy atom. The Morgan fingerprint density at radius 1 is 1.24 bits per heavy atom. The fourth-order valence-corrected chi connectivity index (χ4v) is 2.16. The lowest BCUT2D eigenvalue weighted by molar-refractivity contribution is 0.102. The molecule has 2 rings (SSSR count). The first kappa shape index (κ1) is 14.7. The van der Waals surface area contributed by atoms with Gasteiger partial charge in [-0.1, -0.05) is 0 Å². The number of aryl methyl sites for hydroxylation is 1. The van der Waals surface area contributed by atoms with Gasteiger partial charge >= 0.3 is 0 Å². The number of carbonyl (C=O) groups is 1. The number of amides is 1. The third kappa shape index (κ3) is 3.25. The Bertz CT molecular complexity index is 802. The minimum absolute atomic E-state index is 0.225. The van der Waals surface area contributed by atoms with E-state index < -0.39 is 0 Å². The van der Waals surface area contributed by atoms with E-state index in [4.69, 9.17) is 10.5 Å². The third-order valence-electron chi connectivity index (χ3n) is 2.79. The monoisotopic (exact) mass is 340 g/mol. The van der Waals surface area contributed by atoms with Gasteiger partial charge in [0.1, 0.15) is 11.8 Å². The van der Waals surface area contributed by atoms with E-state index in [9.17, 15) is 4.79 Å². The molecule has 0 radical (unpaired) electrons. The van der Waals surface area contributed by atoms with E-state index in [0.717, 1.165) is 0 Å². The Morgan fingerprint density at radius 3 is 2.57 bits per heavy atom. The lowest BCUT2D eigenvalue weighted by Gasteiger charge is -2.08. The van der Waals surface area contributed by atoms with Gasteiger partial charge in [0.25, 0.3) is 5.91 Å². The second kappa shape index (κ2) is 6.17. The number of aromatic nitrogens is 1. The average Bonchev–Trinajstić information content (AvgIpc) is 2.49. The lowest BCUT2D eigenvalue weighted by atomic mass is 10.2. The number of nitriles is 2. The first-order valence-corrected chi connectivity index (χ1v) is 6.73. The maximum absolute atomic E-state index is 12.1. The Labute approximate surface area is 130 Å². The molecule has 1 aromatic carbocycles. The van der Waals surface area contributed by atoms with Gasteiger partial charge in [-0.25, -0.2) is 4.98 Å². The maximum atomic E-state index is 12.1. The highest BCUT2D eigenvalue weighted by Gasteiger charge is 2.11. The molecular weight excluding hydrogens is 332 g/mol. The van der Waals surface area contributed by atoms with E-state index in [0.29, 0.717) is 27.0 Å². The third-order valence-corrected chi connectivity index (χ3v) is 3.44. The number of anilines is 1. The summed E-state index contributed by atoms with van der Waals surface area (Å²) < 4.78 is 0.611. The topological polar surface area (TPSA) is 89.6 Å². The number of halogens is 1. The van der Waals surface area contributed by atoms with Gasteiger partial charge < -0.3 is 5.32 Å². The Hall–Kier alpha value is -2.70. The maximum Gasteiger partial charge on any atom is 0.274 e. The molecule has 5 nitrogen and oxygen atoms in total. The van der Waals surface area contributed by atoms with Crippen LogP contribution in [-0.2, 0) is 0 Å². The molecule has 1 heterocycles. The van der Waals surface area contributed by atoms with Crippen LogP contribution in [-0.4, -0.2) is 10.9 Å². The van der Waals surface area contributed by atoms with Crippen molar-refractivity contribution in [3.8, 4) is 12.1 Å². The molecule has 0 aliphatic rings. The number of nitrogens with one attached hydrogen (secondary N) is 1. The molecule has 0 bridgehead atoms. The van der Waals surface area contributed by atoms with E-state index in [1.807, 2.05) is 12.1 Å². The second-order valence-electron chi connectivity index (χ2n) is 4.20. The lowest BCUT2D eigenvalue weighted by Crippen LogP contribution is -2.14. The minimum atomic E-state index is -0.381. The number of hydrogen-bond donors (Lipinski definition) is 1. The first-order valence-electron chi connectivity index (χ1n) is 5.94. The van der Waals surface area contributed by atoms with Gasteiger partial charge in [0.05, 0.1) is 28.6 Å². The summed E-state index contributed by atoms with van der Waals surface area (Å²) in [6.07, 6.45) is 0. The molecule has 6 heteroatoms. The minimum Gasteiger partial charge on any atom is -0.320 e. The van der Waals surface area contributed by atoms with E-state index in [2.05, 4.69) is 26.2 Å². The average molecular weight is 341 g/mol. The van der Waals surface area contributed by atoms with Gasteiger partial charge in [0.15, 0.2) is 0 Å². The molecule has 1 N–H and O–H groups in total. The van der Waals surface area contributed by atoms with E-state index in [1.54, 1.807) is 31.2 Å². The molecule has 0 unspecified atom stereocenters. The predicted octanol–water partition coefficient (Wildman–Crippen LogP) is 3.15. The fourth-order valence-electron chi connectivity index (χ4n) is 1.68. The normalized spacial score (nSPS) is 9.52. The molecule has 0 spiro atoms. The molecule has 21 heavy (non-hydrogen) atoms. The van der Waals surface area contributed by atoms with Gasteiger partial charge in [-0.3, -0.25) is 4.79 Å². The van der Waals surface area contributed by atoms with Crippen molar-refractivity contribution in [3.05, 3.63) is 57.3 Å². The summed E-state index contributed by atoms with van der Waals surface area (Å²) in [5.41, 5.74) is 2.20. The van der Waals surface area contributed by atoms with Crippen molar-refractivity contribution < 1.29 is 4.79 Å². The van der Waals surface area contributed by atoms with Crippen molar-refractivity contribution in [3.63, 3.8) is 0 Å². The predicted molar refractivity (Wildman–Crippen MR) is 80.5 cm³/mol. The smallest absolute Gasteiger partial charge is 0.274 e. The number of rotatable bonds is 2. The van der Waals surface area contributed by atoms with Crippen molar-refractivity contribution in [1.29, 1.82) is 10.5 Å². The van der Waals surface area contributed by atoms with Crippen LogP contribution in [0, 0.1) is 29.6 Å². The molecular formula is C15H9BrN4O. The zero-order chi connectivity index (χ0) is 15.4. The van der Waals surface area contributed by atoms with Crippen LogP contribution in [0.3, 0.4) is 0 Å². The first-order chi connectivity index (χ1) is 10.0. The molecule has 1 aromatic heterocycles. The van der Waals surface area contributed by atoms with Crippen LogP contribution < -0.4 is 5.32 Å². The summed E-state index contributed by atoms with van der Waals surface area (Å²) in [7, 11) is 0. The van der Waals surface area contributed by atoms with Gasteiger partial charge in [-0.15, -0.1) is 0 Å². The van der Waals surface area contributed by atoms with Crippen molar-refractivity contribution in [2.45, 2.75) is 6.92 Å². The number of benzene rings is 1. The van der Waals surface area contributed by atoms with Gasteiger partial charge in [-0.2, -0.15) is 10.5 Å². The van der Waals surface area contributed by atoms with Gasteiger partial charge in [0.2, 0.25) is 0 Å². The summed E-state index contributed by atoms with van der Waals surface area (Å²) in [4.78, 5) is 16.2. The number of hydrogen-bond acceptors (Lipinski definition) is 4. The Kier molecular flexibility index (Phi) is 4.32. The molecule has 0 saturated heterocycles. The molecule has 0 atom stereocenters. The largest absolute Gasteiger partial charge is 0.320 e. The zero-order valence-electron chi connectivity index (χ0n) is 11.0. The quantitative estimate of drug-likeness (QED) is 0.909. The number of nitrogens with zero attached hydrogens (tertiary/aromatic N) is 3. The van der Waals surface area contributed by atoms with Crippen LogP contribution >= 0.6 is 15.9 Å². The molecule has 0 aliphatic carbocycles. The highest BCUT2D eigenvalue weighted by atomic mass is 79.9. The number of carbonyl (C=O) groups excluding carboxylic acids is 1. The summed E-state index contributed by atoms with van der Waals surface area (Å²) in [6, 6.07) is 11.9. The van der Waals surface area contributed by atoms with E-state index in [1.165, 1.54) is 6.07 Å². The molecule has 0 saturated carbocycles. The molecule has 1 amide bonds. The van der Waals surface area contributed by atoms with Crippen molar-refractivity contribution in [1.82, 2.24) is 4.98 Å². The van der Waals surface area contributed by atoms with E-state index in [-0.39, 0.29) is 11.6 Å². The second-order valence-corrected chi connectivity index (χ2v) is 5.06. The number of pyridine rings is 1. The SMILES string of the molecule is Cc1nc(C(=O)Nc2ccc(C#N)cc2Br)ccc1C#N. The highest BCUT2D eigenvalue weighted by molar-refractivity contribution is 9.10. The summed E-state index contributed by atoms with van der Waals surface area (Å²) in [5, 5.41) is 20.3. The summed E-state index contributed by atoms with van der Waals surface area (Å²) in [6.45, 7) is 1.67. The van der Waals surface area contributed by atoms with Crippen molar-refractivity contribution >= 4 is 27.5 Å². The van der Waals surface area contributed by atoms with Crippen LogP contribution in [0.15, 0.2) is 34.8 Å². The highest BCUT2D eigenvalue weighted by Crippen LogP contribution is 2.24. The van der Waals surface area contributed by atoms with Crippen molar-refractivity contribution in [2.75, 3.05) is 5.32 Å². The molecule has 102 valence electrons. The molecule has 2 aromatic rings. The van der Waals surface area contributed by atoms with Crippen LogP contribution in [0.4, 0.5) is 5.69 Å². The standard InChI is InChI=1S/C15H9BrN4O/c1-9-11(8-18)3-5-14(19-9)15(21)20-13-4-2-10(7-17)6-12(13)16/h2-6H,1H3,(H,20,21). The van der Waals surface area contributed by atoms with Crippen LogP contribution in [0.2, 0.25) is 0 Å². The molecule has 0 aliphatic heterocycles. The zero-order valence-corrected chi connectivity index (χ0v) is 12.6. The van der Waals surface area contributed by atoms with Gasteiger partial charge in [-0.05, 0) is 53.2 Å². The Balaban J connectivity index is 2.25. The molecule has 0 fully saturated rings. The van der Waals surface area contributed by atoms with Gasteiger partial charge in [0, 0.05) is 4.47 Å². The summed E-state index contributed by atoms with van der Waals surface area (Å²) in [5.74, 6) is -0.381. The van der Waals surface area contributed by atoms with E-state index >= 15 is 0 Å². The fraction of sp³-hybridized carbons (Fsp3) is 0.0667. The van der Waals surface area contributed by atoms with Crippen molar-refractivity contribution in [2.24, 2.45) is 0 Å². The van der Waals surface area contributed by atoms with Crippen LogP contribution in [0.25, 0.3) is 0 Å². The van der Waals surface area contributed by atoms with Crippen LogP contribution in [0.5, 0.6) is 0 Å².